The minimum absolute atomic E-state index is 0.842. The molecule has 0 aromatic carbocycles. The van der Waals surface area contributed by atoms with Gasteiger partial charge in [0.1, 0.15) is 0 Å². The first-order chi connectivity index (χ1) is 5.43. The summed E-state index contributed by atoms with van der Waals surface area (Å²) in [6.45, 7) is 3.78. The van der Waals surface area contributed by atoms with E-state index in [-0.39, 0.29) is 0 Å². The van der Waals surface area contributed by atoms with Gasteiger partial charge in [-0.25, -0.2) is 0 Å². The molecule has 1 heteroatoms. The van der Waals surface area contributed by atoms with Gasteiger partial charge in [-0.05, 0) is 26.2 Å². The van der Waals surface area contributed by atoms with Gasteiger partial charge in [-0.15, -0.1) is 0 Å². The normalized spacial score (nSPS) is 15.5. The first kappa shape index (κ1) is 8.54. The summed E-state index contributed by atoms with van der Waals surface area (Å²) < 4.78 is 5.24. The van der Waals surface area contributed by atoms with E-state index in [1.54, 1.807) is 0 Å². The topological polar surface area (TPSA) is 9.23 Å². The van der Waals surface area contributed by atoms with Gasteiger partial charge in [-0.1, -0.05) is 23.8 Å². The van der Waals surface area contributed by atoms with Gasteiger partial charge in [0.2, 0.25) is 0 Å². The third-order valence-corrected chi connectivity index (χ3v) is 1.81. The van der Waals surface area contributed by atoms with Crippen molar-refractivity contribution in [2.24, 2.45) is 0 Å². The van der Waals surface area contributed by atoms with Gasteiger partial charge in [0, 0.05) is 13.2 Å². The average molecular weight is 152 g/mol. The quantitative estimate of drug-likeness (QED) is 0.550. The van der Waals surface area contributed by atoms with Crippen LogP contribution in [-0.4, -0.2) is 13.2 Å². The van der Waals surface area contributed by atoms with Gasteiger partial charge in [0.05, 0.1) is 0 Å². The van der Waals surface area contributed by atoms with Crippen molar-refractivity contribution in [3.8, 4) is 0 Å². The van der Waals surface area contributed by atoms with Gasteiger partial charge < -0.3 is 4.74 Å². The van der Waals surface area contributed by atoms with Crippen molar-refractivity contribution >= 4 is 0 Å². The summed E-state index contributed by atoms with van der Waals surface area (Å²) in [5.74, 6) is 0. The van der Waals surface area contributed by atoms with Crippen LogP contribution < -0.4 is 0 Å². The zero-order chi connectivity index (χ0) is 7.94. The van der Waals surface area contributed by atoms with Gasteiger partial charge in [0.25, 0.3) is 0 Å². The lowest BCUT2D eigenvalue weighted by Crippen LogP contribution is -1.93. The standard InChI is InChI=1S/C10H16O/c1-2-11-9-5-8-10-6-3-4-7-10/h3,6-7H,2,4-5,8-9H2,1H3. The van der Waals surface area contributed by atoms with Crippen LogP contribution in [0, 0.1) is 0 Å². The maximum absolute atomic E-state index is 5.24. The second-order valence-electron chi connectivity index (χ2n) is 2.72. The number of hydrogen-bond donors (Lipinski definition) is 0. The van der Waals surface area contributed by atoms with Crippen molar-refractivity contribution in [1.29, 1.82) is 0 Å². The van der Waals surface area contributed by atoms with Crippen LogP contribution in [0.25, 0.3) is 0 Å². The Morgan fingerprint density at radius 3 is 3.09 bits per heavy atom. The highest BCUT2D eigenvalue weighted by atomic mass is 16.5. The number of rotatable bonds is 5. The molecular formula is C10H16O. The lowest BCUT2D eigenvalue weighted by Gasteiger charge is -2.00. The predicted molar refractivity (Wildman–Crippen MR) is 47.6 cm³/mol. The van der Waals surface area contributed by atoms with E-state index in [1.165, 1.54) is 12.0 Å². The molecule has 1 nitrogen and oxygen atoms in total. The molecule has 0 saturated heterocycles. The molecule has 0 spiro atoms. The van der Waals surface area contributed by atoms with E-state index >= 15 is 0 Å². The maximum atomic E-state index is 5.24. The molecule has 0 saturated carbocycles. The minimum Gasteiger partial charge on any atom is -0.382 e. The van der Waals surface area contributed by atoms with E-state index in [1.807, 2.05) is 6.92 Å². The largest absolute Gasteiger partial charge is 0.382 e. The van der Waals surface area contributed by atoms with Crippen molar-refractivity contribution in [1.82, 2.24) is 0 Å². The monoisotopic (exact) mass is 152 g/mol. The lowest BCUT2D eigenvalue weighted by molar-refractivity contribution is 0.145. The van der Waals surface area contributed by atoms with Crippen molar-refractivity contribution < 1.29 is 4.74 Å². The molecular weight excluding hydrogens is 136 g/mol. The van der Waals surface area contributed by atoms with Crippen molar-refractivity contribution in [2.75, 3.05) is 13.2 Å². The molecule has 0 atom stereocenters. The molecule has 0 heterocycles. The summed E-state index contributed by atoms with van der Waals surface area (Å²) in [4.78, 5) is 0. The van der Waals surface area contributed by atoms with Gasteiger partial charge in [-0.2, -0.15) is 0 Å². The molecule has 0 fully saturated rings. The molecule has 0 radical (unpaired) electrons. The molecule has 11 heavy (non-hydrogen) atoms. The maximum Gasteiger partial charge on any atom is 0.0469 e. The first-order valence-corrected chi connectivity index (χ1v) is 4.37. The molecule has 0 amide bonds. The second kappa shape index (κ2) is 5.14. The summed E-state index contributed by atoms with van der Waals surface area (Å²) in [6, 6.07) is 0. The molecule has 1 aliphatic carbocycles. The smallest absolute Gasteiger partial charge is 0.0469 e. The Bertz CT molecular complexity index is 156. The zero-order valence-corrected chi connectivity index (χ0v) is 7.18. The second-order valence-corrected chi connectivity index (χ2v) is 2.72. The van der Waals surface area contributed by atoms with Crippen molar-refractivity contribution in [3.63, 3.8) is 0 Å². The molecule has 0 aliphatic heterocycles. The van der Waals surface area contributed by atoms with Crippen LogP contribution >= 0.6 is 0 Å². The molecule has 62 valence electrons. The van der Waals surface area contributed by atoms with Crippen LogP contribution in [0.4, 0.5) is 0 Å². The van der Waals surface area contributed by atoms with E-state index in [2.05, 4.69) is 18.2 Å². The van der Waals surface area contributed by atoms with E-state index in [0.717, 1.165) is 26.1 Å². The third kappa shape index (κ3) is 3.38. The number of allylic oxidation sites excluding steroid dienone is 4. The van der Waals surface area contributed by atoms with Gasteiger partial charge in [-0.3, -0.25) is 0 Å². The lowest BCUT2D eigenvalue weighted by atomic mass is 10.2. The van der Waals surface area contributed by atoms with Gasteiger partial charge >= 0.3 is 0 Å². The van der Waals surface area contributed by atoms with E-state index in [0.29, 0.717) is 0 Å². The molecule has 1 aliphatic rings. The van der Waals surface area contributed by atoms with E-state index in [4.69, 9.17) is 4.74 Å². The summed E-state index contributed by atoms with van der Waals surface area (Å²) in [5, 5.41) is 0. The van der Waals surface area contributed by atoms with Crippen molar-refractivity contribution in [2.45, 2.75) is 26.2 Å². The predicted octanol–water partition coefficient (Wildman–Crippen LogP) is 2.69. The summed E-state index contributed by atoms with van der Waals surface area (Å²) in [6.07, 6.45) is 10.2. The number of hydrogen-bond acceptors (Lipinski definition) is 1. The highest BCUT2D eigenvalue weighted by Crippen LogP contribution is 2.14. The Morgan fingerprint density at radius 2 is 2.45 bits per heavy atom. The molecule has 0 N–H and O–H groups in total. The molecule has 0 aromatic heterocycles. The van der Waals surface area contributed by atoms with Gasteiger partial charge in [0.15, 0.2) is 0 Å². The highest BCUT2D eigenvalue weighted by molar-refractivity contribution is 5.25. The van der Waals surface area contributed by atoms with Crippen molar-refractivity contribution in [3.05, 3.63) is 23.8 Å². The SMILES string of the molecule is CCOCCCC1=CCC=C1. The van der Waals surface area contributed by atoms with E-state index < -0.39 is 0 Å². The first-order valence-electron chi connectivity index (χ1n) is 4.37. The van der Waals surface area contributed by atoms with Crippen LogP contribution in [0.3, 0.4) is 0 Å². The van der Waals surface area contributed by atoms with Crippen LogP contribution in [0.2, 0.25) is 0 Å². The molecule has 0 unspecified atom stereocenters. The van der Waals surface area contributed by atoms with Crippen LogP contribution in [0.15, 0.2) is 23.8 Å². The Morgan fingerprint density at radius 1 is 1.55 bits per heavy atom. The zero-order valence-electron chi connectivity index (χ0n) is 7.18. The Hall–Kier alpha value is -0.560. The molecule has 0 aromatic rings. The number of ether oxygens (including phenoxy) is 1. The third-order valence-electron chi connectivity index (χ3n) is 1.81. The Kier molecular flexibility index (Phi) is 3.99. The van der Waals surface area contributed by atoms with E-state index in [9.17, 15) is 0 Å². The highest BCUT2D eigenvalue weighted by Gasteiger charge is 1.96. The minimum atomic E-state index is 0.842. The van der Waals surface area contributed by atoms with Crippen LogP contribution in [0.5, 0.6) is 0 Å². The Balaban J connectivity index is 1.99. The summed E-state index contributed by atoms with van der Waals surface area (Å²) >= 11 is 0. The fraction of sp³-hybridized carbons (Fsp3) is 0.600. The summed E-state index contributed by atoms with van der Waals surface area (Å²) in [7, 11) is 0. The summed E-state index contributed by atoms with van der Waals surface area (Å²) in [5.41, 5.74) is 1.48. The van der Waals surface area contributed by atoms with Crippen LogP contribution in [0.1, 0.15) is 26.2 Å². The Labute approximate surface area is 68.8 Å². The molecule has 0 bridgehead atoms. The average Bonchev–Trinajstić information content (AvgIpc) is 2.50. The molecule has 1 rings (SSSR count). The van der Waals surface area contributed by atoms with Crippen LogP contribution in [-0.2, 0) is 4.74 Å². The fourth-order valence-corrected chi connectivity index (χ4v) is 1.21. The fourth-order valence-electron chi connectivity index (χ4n) is 1.21.